The third-order valence-corrected chi connectivity index (χ3v) is 0.750. The molecule has 0 aromatic rings. The molecular weight excluding hydrogens is 102 g/mol. The molecule has 0 unspecified atom stereocenters. The first kappa shape index (κ1) is 7.21. The second-order valence-corrected chi connectivity index (χ2v) is 1.73. The molecule has 46 valence electrons. The van der Waals surface area contributed by atoms with Crippen LogP contribution in [0.1, 0.15) is 6.92 Å². The highest BCUT2D eigenvalue weighted by Crippen LogP contribution is 1.78. The molecule has 8 heavy (non-hydrogen) atoms. The second kappa shape index (κ2) is 3.24. The zero-order chi connectivity index (χ0) is 6.57. The van der Waals surface area contributed by atoms with Crippen LogP contribution in [-0.2, 0) is 4.79 Å². The first-order valence-electron chi connectivity index (χ1n) is 2.52. The van der Waals surface area contributed by atoms with Crippen LogP contribution in [0.25, 0.3) is 0 Å². The van der Waals surface area contributed by atoms with Gasteiger partial charge in [-0.3, -0.25) is 4.79 Å². The predicted octanol–water partition coefficient (Wildman–Crippen LogP) is 0.651. The summed E-state index contributed by atoms with van der Waals surface area (Å²) < 4.78 is 0. The Bertz CT molecular complexity index is 105. The van der Waals surface area contributed by atoms with Gasteiger partial charge < -0.3 is 4.90 Å². The molecule has 0 aliphatic heterocycles. The summed E-state index contributed by atoms with van der Waals surface area (Å²) in [4.78, 5) is 12.1. The van der Waals surface area contributed by atoms with E-state index in [0.29, 0.717) is 0 Å². The summed E-state index contributed by atoms with van der Waals surface area (Å²) in [6, 6.07) is 0. The van der Waals surface area contributed by atoms with E-state index >= 15 is 0 Å². The maximum Gasteiger partial charge on any atom is 0.245 e. The van der Waals surface area contributed by atoms with Gasteiger partial charge in [-0.1, -0.05) is 6.08 Å². The van der Waals surface area contributed by atoms with Crippen LogP contribution in [0.5, 0.6) is 0 Å². The highest BCUT2D eigenvalue weighted by molar-refractivity contribution is 5.86. The molecule has 0 saturated carbocycles. The SMILES string of the molecule is CC=CC(=O)N(C)C. The number of hydrogen-bond acceptors (Lipinski definition) is 1. The van der Waals surface area contributed by atoms with Gasteiger partial charge in [-0.05, 0) is 13.0 Å². The van der Waals surface area contributed by atoms with Crippen LogP contribution in [0.4, 0.5) is 0 Å². The number of allylic oxidation sites excluding steroid dienone is 1. The van der Waals surface area contributed by atoms with Crippen molar-refractivity contribution in [2.24, 2.45) is 0 Å². The molecule has 0 aliphatic rings. The smallest absolute Gasteiger partial charge is 0.245 e. The molecule has 0 radical (unpaired) electrons. The zero-order valence-electron chi connectivity index (χ0n) is 5.51. The highest BCUT2D eigenvalue weighted by Gasteiger charge is 1.92. The van der Waals surface area contributed by atoms with Crippen molar-refractivity contribution < 1.29 is 4.79 Å². The monoisotopic (exact) mass is 113 g/mol. The second-order valence-electron chi connectivity index (χ2n) is 1.73. The molecular formula is C6H11NO. The fraction of sp³-hybridized carbons (Fsp3) is 0.500. The first-order valence-corrected chi connectivity index (χ1v) is 2.52. The molecule has 0 N–H and O–H groups in total. The number of rotatable bonds is 1. The number of amides is 1. The van der Waals surface area contributed by atoms with Crippen molar-refractivity contribution >= 4 is 5.91 Å². The molecule has 0 aliphatic carbocycles. The molecule has 2 heteroatoms. The van der Waals surface area contributed by atoms with Crippen LogP contribution in [0.3, 0.4) is 0 Å². The quantitative estimate of drug-likeness (QED) is 0.457. The van der Waals surface area contributed by atoms with Crippen LogP contribution in [0.15, 0.2) is 12.2 Å². The summed E-state index contributed by atoms with van der Waals surface area (Å²) in [7, 11) is 3.45. The summed E-state index contributed by atoms with van der Waals surface area (Å²) in [6.07, 6.45) is 3.25. The van der Waals surface area contributed by atoms with Gasteiger partial charge in [0.2, 0.25) is 5.91 Å². The van der Waals surface area contributed by atoms with E-state index in [1.165, 1.54) is 11.0 Å². The molecule has 0 rings (SSSR count). The molecule has 0 heterocycles. The Labute approximate surface area is 49.8 Å². The van der Waals surface area contributed by atoms with Crippen LogP contribution < -0.4 is 0 Å². The molecule has 0 atom stereocenters. The van der Waals surface area contributed by atoms with Gasteiger partial charge in [0, 0.05) is 14.1 Å². The van der Waals surface area contributed by atoms with Crippen LogP contribution in [-0.4, -0.2) is 24.9 Å². The van der Waals surface area contributed by atoms with Crippen LogP contribution >= 0.6 is 0 Å². The largest absolute Gasteiger partial charge is 0.345 e. The third kappa shape index (κ3) is 2.39. The van der Waals surface area contributed by atoms with Gasteiger partial charge >= 0.3 is 0 Å². The lowest BCUT2D eigenvalue weighted by atomic mass is 10.5. The van der Waals surface area contributed by atoms with Crippen molar-refractivity contribution in [1.29, 1.82) is 0 Å². The number of nitrogens with zero attached hydrogens (tertiary/aromatic N) is 1. The van der Waals surface area contributed by atoms with E-state index in [2.05, 4.69) is 0 Å². The van der Waals surface area contributed by atoms with Crippen molar-refractivity contribution in [3.8, 4) is 0 Å². The van der Waals surface area contributed by atoms with Gasteiger partial charge in [0.05, 0.1) is 0 Å². The molecule has 0 spiro atoms. The fourth-order valence-electron chi connectivity index (χ4n) is 0.292. The standard InChI is InChI=1S/C6H11NO/c1-4-5-6(8)7(2)3/h4-5H,1-3H3. The van der Waals surface area contributed by atoms with E-state index < -0.39 is 0 Å². The molecule has 1 amide bonds. The van der Waals surface area contributed by atoms with Gasteiger partial charge in [-0.2, -0.15) is 0 Å². The van der Waals surface area contributed by atoms with E-state index in [4.69, 9.17) is 0 Å². The Hall–Kier alpha value is -0.790. The van der Waals surface area contributed by atoms with Gasteiger partial charge in [-0.15, -0.1) is 0 Å². The summed E-state index contributed by atoms with van der Waals surface area (Å²) in [5, 5.41) is 0. The topological polar surface area (TPSA) is 20.3 Å². The zero-order valence-corrected chi connectivity index (χ0v) is 5.51. The summed E-state index contributed by atoms with van der Waals surface area (Å²) in [6.45, 7) is 1.82. The molecule has 0 saturated heterocycles. The minimum atomic E-state index is 0.0347. The van der Waals surface area contributed by atoms with Crippen molar-refractivity contribution in [2.75, 3.05) is 14.1 Å². The van der Waals surface area contributed by atoms with Gasteiger partial charge in [0.1, 0.15) is 0 Å². The summed E-state index contributed by atoms with van der Waals surface area (Å²) in [5.74, 6) is 0.0347. The Balaban J connectivity index is 3.66. The van der Waals surface area contributed by atoms with Gasteiger partial charge in [-0.25, -0.2) is 0 Å². The predicted molar refractivity (Wildman–Crippen MR) is 33.5 cm³/mol. The minimum absolute atomic E-state index is 0.0347. The molecule has 0 aromatic carbocycles. The summed E-state index contributed by atoms with van der Waals surface area (Å²) >= 11 is 0. The highest BCUT2D eigenvalue weighted by atomic mass is 16.2. The average molecular weight is 113 g/mol. The lowest BCUT2D eigenvalue weighted by Gasteiger charge is -2.03. The van der Waals surface area contributed by atoms with E-state index in [1.807, 2.05) is 6.92 Å². The number of carbonyl (C=O) groups excluding carboxylic acids is 1. The number of carbonyl (C=O) groups is 1. The maximum absolute atomic E-state index is 10.6. The lowest BCUT2D eigenvalue weighted by Crippen LogP contribution is -2.18. The van der Waals surface area contributed by atoms with E-state index in [1.54, 1.807) is 20.2 Å². The maximum atomic E-state index is 10.6. The Kier molecular flexibility index (Phi) is 2.92. The van der Waals surface area contributed by atoms with Crippen LogP contribution in [0, 0.1) is 0 Å². The van der Waals surface area contributed by atoms with Crippen molar-refractivity contribution in [3.05, 3.63) is 12.2 Å². The van der Waals surface area contributed by atoms with Gasteiger partial charge in [0.25, 0.3) is 0 Å². The number of likely N-dealkylation sites (N-methyl/N-ethyl adjacent to an activating group) is 1. The average Bonchev–Trinajstić information content (AvgIpc) is 1.67. The van der Waals surface area contributed by atoms with E-state index in [0.717, 1.165) is 0 Å². The van der Waals surface area contributed by atoms with Crippen LogP contribution in [0.2, 0.25) is 0 Å². The Morgan fingerprint density at radius 1 is 1.50 bits per heavy atom. The third-order valence-electron chi connectivity index (χ3n) is 0.750. The molecule has 0 fully saturated rings. The number of hydrogen-bond donors (Lipinski definition) is 0. The van der Waals surface area contributed by atoms with Crippen molar-refractivity contribution in [2.45, 2.75) is 6.92 Å². The van der Waals surface area contributed by atoms with Gasteiger partial charge in [0.15, 0.2) is 0 Å². The normalized spacial score (nSPS) is 9.88. The Morgan fingerprint density at radius 3 is 2.12 bits per heavy atom. The minimum Gasteiger partial charge on any atom is -0.345 e. The molecule has 2 nitrogen and oxygen atoms in total. The van der Waals surface area contributed by atoms with Crippen molar-refractivity contribution in [1.82, 2.24) is 4.90 Å². The lowest BCUT2D eigenvalue weighted by molar-refractivity contribution is -0.123. The van der Waals surface area contributed by atoms with Crippen molar-refractivity contribution in [3.63, 3.8) is 0 Å². The first-order chi connectivity index (χ1) is 3.68. The Morgan fingerprint density at radius 2 is 2.00 bits per heavy atom. The molecule has 0 bridgehead atoms. The fourth-order valence-corrected chi connectivity index (χ4v) is 0.292. The van der Waals surface area contributed by atoms with E-state index in [9.17, 15) is 4.79 Å². The molecule has 0 aromatic heterocycles. The summed E-state index contributed by atoms with van der Waals surface area (Å²) in [5.41, 5.74) is 0. The van der Waals surface area contributed by atoms with E-state index in [-0.39, 0.29) is 5.91 Å².